The van der Waals surface area contributed by atoms with E-state index in [2.05, 4.69) is 38.3 Å². The van der Waals surface area contributed by atoms with Crippen LogP contribution >= 0.6 is 27.3 Å². The second-order valence-electron chi connectivity index (χ2n) is 8.35. The number of carbonyl (C=O) groups is 2. The number of amides is 3. The van der Waals surface area contributed by atoms with Gasteiger partial charge in [-0.05, 0) is 49.6 Å². The summed E-state index contributed by atoms with van der Waals surface area (Å²) in [6, 6.07) is 15.4. The summed E-state index contributed by atoms with van der Waals surface area (Å²) in [7, 11) is 0. The van der Waals surface area contributed by atoms with Crippen LogP contribution in [0.2, 0.25) is 0 Å². The fourth-order valence-electron chi connectivity index (χ4n) is 4.39. The van der Waals surface area contributed by atoms with E-state index in [-0.39, 0.29) is 11.9 Å². The first-order valence-corrected chi connectivity index (χ1v) is 12.0. The normalized spacial score (nSPS) is 23.0. The van der Waals surface area contributed by atoms with Crippen molar-refractivity contribution in [1.82, 2.24) is 20.1 Å². The molecule has 3 heterocycles. The van der Waals surface area contributed by atoms with Gasteiger partial charge in [0.25, 0.3) is 5.91 Å². The van der Waals surface area contributed by atoms with Crippen LogP contribution in [0.5, 0.6) is 0 Å². The first kappa shape index (κ1) is 20.6. The molecule has 3 aromatic rings. The number of nitrogens with one attached hydrogen (secondary N) is 1. The Kier molecular flexibility index (Phi) is 5.32. The van der Waals surface area contributed by atoms with Crippen LogP contribution in [0.1, 0.15) is 36.3 Å². The molecule has 2 aliphatic rings. The number of fused-ring (bicyclic) bond motifs is 1. The number of carbonyl (C=O) groups excluding carboxylic acids is 2. The molecule has 2 fully saturated rings. The maximum Gasteiger partial charge on any atom is 0.326 e. The van der Waals surface area contributed by atoms with Crippen molar-refractivity contribution in [2.75, 3.05) is 19.8 Å². The number of urea groups is 1. The van der Waals surface area contributed by atoms with Crippen molar-refractivity contribution in [3.63, 3.8) is 0 Å². The summed E-state index contributed by atoms with van der Waals surface area (Å²) in [6.07, 6.45) is 1.96. The highest BCUT2D eigenvalue weighted by molar-refractivity contribution is 9.10. The molecule has 3 amide bonds. The fourth-order valence-corrected chi connectivity index (χ4v) is 5.79. The minimum Gasteiger partial charge on any atom is -0.319 e. The van der Waals surface area contributed by atoms with Crippen LogP contribution in [0.3, 0.4) is 0 Å². The minimum atomic E-state index is -1.03. The van der Waals surface area contributed by atoms with Gasteiger partial charge < -0.3 is 5.32 Å². The van der Waals surface area contributed by atoms with E-state index in [0.29, 0.717) is 12.6 Å². The summed E-state index contributed by atoms with van der Waals surface area (Å²) in [5.41, 5.74) is 0.819. The number of nitrogens with zero attached hydrogens (tertiary/aromatic N) is 3. The minimum absolute atomic E-state index is 0.201. The predicted octanol–water partition coefficient (Wildman–Crippen LogP) is 4.66. The van der Waals surface area contributed by atoms with Crippen LogP contribution in [0.25, 0.3) is 10.2 Å². The zero-order chi connectivity index (χ0) is 21.6. The maximum atomic E-state index is 13.2. The van der Waals surface area contributed by atoms with E-state index in [0.717, 1.165) is 41.5 Å². The largest absolute Gasteiger partial charge is 0.326 e. The third-order valence-electron chi connectivity index (χ3n) is 6.29. The number of aromatic nitrogens is 1. The summed E-state index contributed by atoms with van der Waals surface area (Å²) in [6.45, 7) is 3.78. The Balaban J connectivity index is 1.24. The van der Waals surface area contributed by atoms with Crippen molar-refractivity contribution in [2.24, 2.45) is 0 Å². The Morgan fingerprint density at radius 3 is 2.55 bits per heavy atom. The first-order valence-electron chi connectivity index (χ1n) is 10.4. The van der Waals surface area contributed by atoms with Crippen LogP contribution in [0.15, 0.2) is 53.0 Å². The summed E-state index contributed by atoms with van der Waals surface area (Å²) in [4.78, 5) is 34.2. The molecule has 0 unspecified atom stereocenters. The lowest BCUT2D eigenvalue weighted by Gasteiger charge is -2.33. The Labute approximate surface area is 193 Å². The number of para-hydroxylation sites is 1. The zero-order valence-electron chi connectivity index (χ0n) is 17.2. The van der Waals surface area contributed by atoms with Gasteiger partial charge in [-0.3, -0.25) is 9.69 Å². The van der Waals surface area contributed by atoms with E-state index in [1.807, 2.05) is 36.4 Å². The van der Waals surface area contributed by atoms with Crippen molar-refractivity contribution in [2.45, 2.75) is 31.2 Å². The molecule has 0 spiro atoms. The highest BCUT2D eigenvalue weighted by Crippen LogP contribution is 2.35. The molecule has 0 aliphatic carbocycles. The molecule has 1 N–H and O–H groups in total. The molecule has 2 aliphatic heterocycles. The molecule has 0 radical (unpaired) electrons. The molecule has 1 atom stereocenters. The van der Waals surface area contributed by atoms with Gasteiger partial charge in [-0.1, -0.05) is 40.2 Å². The number of halogens is 1. The number of hydrogen-bond donors (Lipinski definition) is 1. The van der Waals surface area contributed by atoms with Gasteiger partial charge in [-0.15, -0.1) is 11.3 Å². The van der Waals surface area contributed by atoms with E-state index in [9.17, 15) is 9.59 Å². The van der Waals surface area contributed by atoms with Gasteiger partial charge in [0.05, 0.1) is 21.9 Å². The van der Waals surface area contributed by atoms with Gasteiger partial charge in [-0.2, -0.15) is 0 Å². The van der Waals surface area contributed by atoms with Crippen LogP contribution in [-0.4, -0.2) is 46.5 Å². The highest BCUT2D eigenvalue weighted by atomic mass is 79.9. The molecular formula is C23H23BrN4O2S. The lowest BCUT2D eigenvalue weighted by Crippen LogP contribution is -2.46. The fraction of sp³-hybridized carbons (Fsp3) is 0.348. The van der Waals surface area contributed by atoms with E-state index < -0.39 is 5.54 Å². The molecule has 6 nitrogen and oxygen atoms in total. The number of imide groups is 1. The first-order chi connectivity index (χ1) is 14.9. The van der Waals surface area contributed by atoms with Gasteiger partial charge in [-0.25, -0.2) is 14.7 Å². The van der Waals surface area contributed by atoms with E-state index >= 15 is 0 Å². The average molecular weight is 499 g/mol. The molecule has 5 rings (SSSR count). The zero-order valence-corrected chi connectivity index (χ0v) is 19.6. The Morgan fingerprint density at radius 2 is 1.84 bits per heavy atom. The van der Waals surface area contributed by atoms with E-state index in [1.54, 1.807) is 18.3 Å². The maximum absolute atomic E-state index is 13.2. The predicted molar refractivity (Wildman–Crippen MR) is 125 cm³/mol. The smallest absolute Gasteiger partial charge is 0.319 e. The number of rotatable bonds is 4. The summed E-state index contributed by atoms with van der Waals surface area (Å²) >= 11 is 5.19. The molecule has 160 valence electrons. The second-order valence-corrected chi connectivity index (χ2v) is 10.3. The molecule has 8 heteroatoms. The van der Waals surface area contributed by atoms with Gasteiger partial charge in [0.1, 0.15) is 5.54 Å². The van der Waals surface area contributed by atoms with E-state index in [4.69, 9.17) is 4.98 Å². The quantitative estimate of drug-likeness (QED) is 0.531. The second kappa shape index (κ2) is 8.00. The van der Waals surface area contributed by atoms with Gasteiger partial charge in [0.15, 0.2) is 0 Å². The number of benzene rings is 2. The van der Waals surface area contributed by atoms with Gasteiger partial charge in [0, 0.05) is 23.5 Å². The van der Waals surface area contributed by atoms with Crippen molar-refractivity contribution in [3.05, 3.63) is 63.6 Å². The third-order valence-corrected chi connectivity index (χ3v) is 8.01. The topological polar surface area (TPSA) is 65.5 Å². The standard InChI is InChI=1S/C23H23BrN4O2S/c1-23(16-6-8-17(24)9-7-16)21(29)28(22(30)26-23)14-27-12-10-15(11-13-27)20-25-18-4-2-3-5-19(18)31-20/h2-9,15H,10-14H2,1H3,(H,26,30)/t23-/m0/s1. The number of thiazole rings is 1. The monoisotopic (exact) mass is 498 g/mol. The number of likely N-dealkylation sites (tertiary alicyclic amines) is 1. The molecule has 0 bridgehead atoms. The van der Waals surface area contributed by atoms with Crippen molar-refractivity contribution < 1.29 is 9.59 Å². The number of hydrogen-bond acceptors (Lipinski definition) is 5. The van der Waals surface area contributed by atoms with Crippen LogP contribution in [-0.2, 0) is 10.3 Å². The molecule has 0 saturated carbocycles. The lowest BCUT2D eigenvalue weighted by atomic mass is 9.92. The molecule has 31 heavy (non-hydrogen) atoms. The number of piperidine rings is 1. The Hall–Kier alpha value is -2.29. The van der Waals surface area contributed by atoms with Gasteiger partial charge in [0.2, 0.25) is 0 Å². The average Bonchev–Trinajstić information content (AvgIpc) is 3.30. The van der Waals surface area contributed by atoms with Crippen molar-refractivity contribution in [3.8, 4) is 0 Å². The van der Waals surface area contributed by atoms with Crippen LogP contribution in [0.4, 0.5) is 4.79 Å². The molecule has 2 aromatic carbocycles. The third kappa shape index (κ3) is 3.77. The summed E-state index contributed by atoms with van der Waals surface area (Å²) < 4.78 is 2.16. The van der Waals surface area contributed by atoms with E-state index in [1.165, 1.54) is 14.6 Å². The Bertz CT molecular complexity index is 1110. The Morgan fingerprint density at radius 1 is 1.13 bits per heavy atom. The van der Waals surface area contributed by atoms with Crippen LogP contribution in [0, 0.1) is 0 Å². The van der Waals surface area contributed by atoms with Crippen LogP contribution < -0.4 is 5.32 Å². The summed E-state index contributed by atoms with van der Waals surface area (Å²) in [5, 5.41) is 4.09. The SMILES string of the molecule is C[C@@]1(c2ccc(Br)cc2)NC(=O)N(CN2CCC(c3nc4ccccc4s3)CC2)C1=O. The molecular weight excluding hydrogens is 476 g/mol. The highest BCUT2D eigenvalue weighted by Gasteiger charge is 2.49. The van der Waals surface area contributed by atoms with Crippen molar-refractivity contribution >= 4 is 49.4 Å². The van der Waals surface area contributed by atoms with Crippen molar-refractivity contribution in [1.29, 1.82) is 0 Å². The van der Waals surface area contributed by atoms with Gasteiger partial charge >= 0.3 is 6.03 Å². The summed E-state index contributed by atoms with van der Waals surface area (Å²) in [5.74, 6) is 0.234. The molecule has 2 saturated heterocycles. The lowest BCUT2D eigenvalue weighted by molar-refractivity contribution is -0.132. The molecule has 1 aromatic heterocycles.